The Kier molecular flexibility index (Phi) is 5.68. The van der Waals surface area contributed by atoms with Gasteiger partial charge in [0, 0.05) is 10.2 Å². The van der Waals surface area contributed by atoms with Gasteiger partial charge in [0.15, 0.2) is 6.61 Å². The number of ether oxygens (including phenoxy) is 1. The van der Waals surface area contributed by atoms with Gasteiger partial charge in [0.05, 0.1) is 29.5 Å². The molecule has 8 nitrogen and oxygen atoms in total. The number of carbonyl (C=O) groups excluding carboxylic acids is 4. The molecule has 1 N–H and O–H groups in total. The Morgan fingerprint density at radius 3 is 2.55 bits per heavy atom. The van der Waals surface area contributed by atoms with Gasteiger partial charge in [0.1, 0.15) is 5.76 Å². The van der Waals surface area contributed by atoms with Crippen LogP contribution in [-0.4, -0.2) is 35.2 Å². The average molecular weight is 483 g/mol. The van der Waals surface area contributed by atoms with Gasteiger partial charge in [-0.25, -0.2) is 4.79 Å². The van der Waals surface area contributed by atoms with Crippen LogP contribution in [0.4, 0.5) is 5.69 Å². The number of amides is 3. The lowest BCUT2D eigenvalue weighted by Gasteiger charge is -2.11. The normalized spacial score (nSPS) is 12.6. The van der Waals surface area contributed by atoms with Crippen LogP contribution in [0.3, 0.4) is 0 Å². The maximum Gasteiger partial charge on any atom is 0.338 e. The molecule has 4 rings (SSSR count). The molecule has 1 aromatic heterocycles. The molecule has 0 radical (unpaired) electrons. The van der Waals surface area contributed by atoms with Gasteiger partial charge in [-0.1, -0.05) is 22.0 Å². The Labute approximate surface area is 184 Å². The number of nitrogens with one attached hydrogen (secondary N) is 1. The number of anilines is 1. The summed E-state index contributed by atoms with van der Waals surface area (Å²) in [7, 11) is 0. The molecular weight excluding hydrogens is 468 g/mol. The number of imide groups is 1. The Bertz CT molecular complexity index is 1190. The molecular formula is C22H15BrN2O6. The highest BCUT2D eigenvalue weighted by atomic mass is 79.9. The van der Waals surface area contributed by atoms with Crippen LogP contribution in [0.5, 0.6) is 0 Å². The lowest BCUT2D eigenvalue weighted by atomic mass is 10.1. The summed E-state index contributed by atoms with van der Waals surface area (Å²) in [5, 5.41) is 2.61. The summed E-state index contributed by atoms with van der Waals surface area (Å²) in [5.41, 5.74) is 0.911. The minimum Gasteiger partial charge on any atom is -0.467 e. The SMILES string of the molecule is O=C(COC(=O)c1ccc2c(c1)C(=O)N(Cc1ccco1)C2=O)Nc1cccc(Br)c1. The van der Waals surface area contributed by atoms with Crippen molar-refractivity contribution >= 4 is 45.3 Å². The molecule has 2 heterocycles. The number of halogens is 1. The Hall–Kier alpha value is -3.72. The van der Waals surface area contributed by atoms with Crippen LogP contribution in [0, 0.1) is 0 Å². The van der Waals surface area contributed by atoms with Gasteiger partial charge in [-0.05, 0) is 48.5 Å². The van der Waals surface area contributed by atoms with Gasteiger partial charge in [-0.2, -0.15) is 0 Å². The standard InChI is InChI=1S/C22H15BrN2O6/c23-14-3-1-4-15(10-14)24-19(26)12-31-22(29)13-6-7-17-18(9-13)21(28)25(20(17)27)11-16-5-2-8-30-16/h1-10H,11-12H2,(H,24,26). The van der Waals surface area contributed by atoms with E-state index in [2.05, 4.69) is 21.2 Å². The third-order valence-corrected chi connectivity index (χ3v) is 5.04. The van der Waals surface area contributed by atoms with E-state index >= 15 is 0 Å². The zero-order chi connectivity index (χ0) is 22.0. The molecule has 0 spiro atoms. The van der Waals surface area contributed by atoms with E-state index < -0.39 is 30.3 Å². The molecule has 2 aromatic carbocycles. The zero-order valence-corrected chi connectivity index (χ0v) is 17.5. The fourth-order valence-corrected chi connectivity index (χ4v) is 3.50. The Morgan fingerprint density at radius 1 is 1.00 bits per heavy atom. The molecule has 0 saturated carbocycles. The molecule has 0 saturated heterocycles. The van der Waals surface area contributed by atoms with Crippen LogP contribution in [0.15, 0.2) is 69.8 Å². The van der Waals surface area contributed by atoms with Crippen LogP contribution in [0.2, 0.25) is 0 Å². The number of rotatable bonds is 6. The minimum absolute atomic E-state index is 0.00506. The largest absolute Gasteiger partial charge is 0.467 e. The molecule has 0 aliphatic carbocycles. The maximum absolute atomic E-state index is 12.6. The summed E-state index contributed by atoms with van der Waals surface area (Å²) in [5.74, 6) is -1.82. The van der Waals surface area contributed by atoms with Gasteiger partial charge in [0.25, 0.3) is 17.7 Å². The Morgan fingerprint density at radius 2 is 1.81 bits per heavy atom. The van der Waals surface area contributed by atoms with Crippen molar-refractivity contribution in [3.8, 4) is 0 Å². The van der Waals surface area contributed by atoms with Crippen molar-refractivity contribution in [1.82, 2.24) is 4.90 Å². The van der Waals surface area contributed by atoms with E-state index in [1.165, 1.54) is 24.5 Å². The smallest absolute Gasteiger partial charge is 0.338 e. The van der Waals surface area contributed by atoms with E-state index in [9.17, 15) is 19.2 Å². The van der Waals surface area contributed by atoms with E-state index in [0.717, 1.165) is 9.37 Å². The zero-order valence-electron chi connectivity index (χ0n) is 16.0. The molecule has 0 atom stereocenters. The van der Waals surface area contributed by atoms with Crippen molar-refractivity contribution < 1.29 is 28.3 Å². The molecule has 0 bridgehead atoms. The van der Waals surface area contributed by atoms with E-state index in [1.54, 1.807) is 30.3 Å². The van der Waals surface area contributed by atoms with Crippen LogP contribution in [0.1, 0.15) is 36.8 Å². The van der Waals surface area contributed by atoms with E-state index in [4.69, 9.17) is 9.15 Å². The molecule has 0 fully saturated rings. The maximum atomic E-state index is 12.6. The first-order chi connectivity index (χ1) is 14.9. The predicted octanol–water partition coefficient (Wildman–Crippen LogP) is 3.63. The second kappa shape index (κ2) is 8.57. The van der Waals surface area contributed by atoms with Crippen LogP contribution >= 0.6 is 15.9 Å². The molecule has 31 heavy (non-hydrogen) atoms. The number of nitrogens with zero attached hydrogens (tertiary/aromatic N) is 1. The number of esters is 1. The van der Waals surface area contributed by atoms with Crippen molar-refractivity contribution in [2.24, 2.45) is 0 Å². The second-order valence-corrected chi connectivity index (χ2v) is 7.59. The van der Waals surface area contributed by atoms with Gasteiger partial charge in [-0.15, -0.1) is 0 Å². The number of fused-ring (bicyclic) bond motifs is 1. The summed E-state index contributed by atoms with van der Waals surface area (Å²) in [6.07, 6.45) is 1.45. The monoisotopic (exact) mass is 482 g/mol. The van der Waals surface area contributed by atoms with E-state index in [0.29, 0.717) is 11.4 Å². The summed E-state index contributed by atoms with van der Waals surface area (Å²) in [6, 6.07) is 14.4. The number of hydrogen-bond acceptors (Lipinski definition) is 6. The highest BCUT2D eigenvalue weighted by Gasteiger charge is 2.36. The fraction of sp³-hybridized carbons (Fsp3) is 0.0909. The van der Waals surface area contributed by atoms with Gasteiger partial charge in [-0.3, -0.25) is 19.3 Å². The summed E-state index contributed by atoms with van der Waals surface area (Å²) >= 11 is 3.30. The van der Waals surface area contributed by atoms with Crippen molar-refractivity contribution in [3.05, 3.63) is 87.8 Å². The van der Waals surface area contributed by atoms with Crippen LogP contribution in [0.25, 0.3) is 0 Å². The predicted molar refractivity (Wildman–Crippen MR) is 112 cm³/mol. The van der Waals surface area contributed by atoms with E-state index in [-0.39, 0.29) is 23.2 Å². The first kappa shape index (κ1) is 20.5. The molecule has 1 aliphatic heterocycles. The molecule has 0 unspecified atom stereocenters. The van der Waals surface area contributed by atoms with Crippen molar-refractivity contribution in [3.63, 3.8) is 0 Å². The van der Waals surface area contributed by atoms with Crippen molar-refractivity contribution in [1.29, 1.82) is 0 Å². The molecule has 3 amide bonds. The van der Waals surface area contributed by atoms with Crippen molar-refractivity contribution in [2.75, 3.05) is 11.9 Å². The lowest BCUT2D eigenvalue weighted by molar-refractivity contribution is -0.119. The molecule has 1 aliphatic rings. The third kappa shape index (κ3) is 4.41. The fourth-order valence-electron chi connectivity index (χ4n) is 3.10. The van der Waals surface area contributed by atoms with Crippen LogP contribution < -0.4 is 5.32 Å². The summed E-state index contributed by atoms with van der Waals surface area (Å²) < 4.78 is 11.0. The summed E-state index contributed by atoms with van der Waals surface area (Å²) in [4.78, 5) is 50.6. The van der Waals surface area contributed by atoms with E-state index in [1.807, 2.05) is 6.07 Å². The van der Waals surface area contributed by atoms with Crippen LogP contribution in [-0.2, 0) is 16.1 Å². The topological polar surface area (TPSA) is 106 Å². The number of benzene rings is 2. The number of hydrogen-bond donors (Lipinski definition) is 1. The second-order valence-electron chi connectivity index (χ2n) is 6.67. The molecule has 156 valence electrons. The first-order valence-corrected chi connectivity index (χ1v) is 9.97. The molecule has 3 aromatic rings. The highest BCUT2D eigenvalue weighted by molar-refractivity contribution is 9.10. The van der Waals surface area contributed by atoms with Gasteiger partial charge in [0.2, 0.25) is 0 Å². The average Bonchev–Trinajstić information content (AvgIpc) is 3.35. The first-order valence-electron chi connectivity index (χ1n) is 9.17. The third-order valence-electron chi connectivity index (χ3n) is 4.54. The number of furan rings is 1. The summed E-state index contributed by atoms with van der Waals surface area (Å²) in [6.45, 7) is -0.505. The van der Waals surface area contributed by atoms with Crippen molar-refractivity contribution in [2.45, 2.75) is 6.54 Å². The Balaban J connectivity index is 1.40. The molecule has 9 heteroatoms. The quantitative estimate of drug-likeness (QED) is 0.424. The lowest BCUT2D eigenvalue weighted by Crippen LogP contribution is -2.28. The highest BCUT2D eigenvalue weighted by Crippen LogP contribution is 2.26. The van der Waals surface area contributed by atoms with Gasteiger partial charge >= 0.3 is 5.97 Å². The van der Waals surface area contributed by atoms with Gasteiger partial charge < -0.3 is 14.5 Å². The minimum atomic E-state index is -0.781. The number of carbonyl (C=O) groups is 4.